The predicted molar refractivity (Wildman–Crippen MR) is 139 cm³/mol. The van der Waals surface area contributed by atoms with Gasteiger partial charge in [0.2, 0.25) is 10.0 Å². The summed E-state index contributed by atoms with van der Waals surface area (Å²) in [4.78, 5) is 16.6. The number of aromatic nitrogens is 6. The van der Waals surface area contributed by atoms with Crippen LogP contribution in [0.25, 0.3) is 55.7 Å². The molecule has 5 heterocycles. The summed E-state index contributed by atoms with van der Waals surface area (Å²) in [6.07, 6.45) is 7.97. The number of rotatable bonds is 6. The number of benzene rings is 1. The second kappa shape index (κ2) is 8.87. The lowest BCUT2D eigenvalue weighted by Crippen LogP contribution is -2.21. The van der Waals surface area contributed by atoms with Crippen LogP contribution in [0.3, 0.4) is 0 Å². The lowest BCUT2D eigenvalue weighted by atomic mass is 10.0. The molecule has 0 aliphatic carbocycles. The van der Waals surface area contributed by atoms with Crippen LogP contribution < -0.4 is 4.72 Å². The van der Waals surface area contributed by atoms with Gasteiger partial charge < -0.3 is 4.98 Å². The molecule has 0 aliphatic heterocycles. The van der Waals surface area contributed by atoms with Crippen LogP contribution in [0.1, 0.15) is 5.56 Å². The summed E-state index contributed by atoms with van der Waals surface area (Å²) >= 11 is 0. The Morgan fingerprint density at radius 2 is 1.84 bits per heavy atom. The van der Waals surface area contributed by atoms with Crippen LogP contribution in [-0.2, 0) is 16.6 Å². The van der Waals surface area contributed by atoms with E-state index in [0.717, 1.165) is 45.1 Å². The molecule has 0 saturated carbocycles. The first-order valence-electron chi connectivity index (χ1n) is 11.3. The number of aromatic amines is 2. The van der Waals surface area contributed by atoms with Crippen molar-refractivity contribution in [3.8, 4) is 33.8 Å². The van der Waals surface area contributed by atoms with Gasteiger partial charge in [-0.3, -0.25) is 15.1 Å². The summed E-state index contributed by atoms with van der Waals surface area (Å²) < 4.78 is 39.9. The van der Waals surface area contributed by atoms with Crippen LogP contribution in [-0.4, -0.2) is 44.8 Å². The number of hydrogen-bond donors (Lipinski definition) is 3. The molecule has 5 aromatic heterocycles. The quantitative estimate of drug-likeness (QED) is 0.302. The van der Waals surface area contributed by atoms with Crippen LogP contribution in [0.15, 0.2) is 73.3 Å². The Morgan fingerprint density at radius 1 is 0.946 bits per heavy atom. The van der Waals surface area contributed by atoms with Gasteiger partial charge in [-0.15, -0.1) is 0 Å². The third-order valence-electron chi connectivity index (χ3n) is 5.99. The maximum atomic E-state index is 14.5. The third-order valence-corrected chi connectivity index (χ3v) is 6.66. The Morgan fingerprint density at radius 3 is 2.65 bits per heavy atom. The Kier molecular flexibility index (Phi) is 5.50. The van der Waals surface area contributed by atoms with Crippen molar-refractivity contribution >= 4 is 32.0 Å². The number of hydrogen-bond acceptors (Lipinski definition) is 6. The summed E-state index contributed by atoms with van der Waals surface area (Å²) in [5.74, 6) is -0.481. The zero-order valence-corrected chi connectivity index (χ0v) is 20.3. The van der Waals surface area contributed by atoms with Crippen molar-refractivity contribution in [3.05, 3.63) is 84.7 Å². The second-order valence-corrected chi connectivity index (χ2v) is 10.5. The van der Waals surface area contributed by atoms with Gasteiger partial charge >= 0.3 is 0 Å². The standard InChI is InChI=1S/C26H20FN7O2S/c1-37(35,36)31-12-15-7-17(9-19(27)8-15)24-20-11-23(32-22(20)4-6-29-24)25-21-10-18(14-30-26(21)34-33-25)16-3-2-5-28-13-16/h2-11,13-14,31-32H,12H2,1H3,(H,30,33,34). The Labute approximate surface area is 210 Å². The van der Waals surface area contributed by atoms with Crippen LogP contribution in [0.5, 0.6) is 0 Å². The highest BCUT2D eigenvalue weighted by Crippen LogP contribution is 2.34. The van der Waals surface area contributed by atoms with E-state index in [2.05, 4.69) is 34.9 Å². The Bertz CT molecular complexity index is 1880. The molecular formula is C26H20FN7O2S. The Balaban J connectivity index is 1.44. The minimum Gasteiger partial charge on any atom is -0.353 e. The van der Waals surface area contributed by atoms with E-state index >= 15 is 0 Å². The molecule has 0 saturated heterocycles. The highest BCUT2D eigenvalue weighted by molar-refractivity contribution is 7.88. The predicted octanol–water partition coefficient (Wildman–Crippen LogP) is 4.42. The molecule has 0 aliphatic rings. The molecule has 3 N–H and O–H groups in total. The Hall–Kier alpha value is -4.48. The van der Waals surface area contributed by atoms with Gasteiger partial charge in [-0.05, 0) is 48.0 Å². The third kappa shape index (κ3) is 4.57. The van der Waals surface area contributed by atoms with Crippen molar-refractivity contribution in [2.75, 3.05) is 6.26 Å². The summed E-state index contributed by atoms with van der Waals surface area (Å²) in [5.41, 5.74) is 6.36. The monoisotopic (exact) mass is 513 g/mol. The molecule has 0 radical (unpaired) electrons. The molecule has 1 aromatic carbocycles. The van der Waals surface area contributed by atoms with E-state index in [9.17, 15) is 12.8 Å². The number of sulfonamides is 1. The summed E-state index contributed by atoms with van der Waals surface area (Å²) in [7, 11) is -3.42. The zero-order chi connectivity index (χ0) is 25.6. The van der Waals surface area contributed by atoms with Gasteiger partial charge in [0.25, 0.3) is 0 Å². The lowest BCUT2D eigenvalue weighted by Gasteiger charge is -2.08. The van der Waals surface area contributed by atoms with Gasteiger partial charge in [0.05, 0.1) is 23.3 Å². The number of halogens is 1. The molecule has 0 amide bonds. The molecule has 0 bridgehead atoms. The minimum atomic E-state index is -3.42. The van der Waals surface area contributed by atoms with Gasteiger partial charge in [0, 0.05) is 64.3 Å². The number of nitrogens with zero attached hydrogens (tertiary/aromatic N) is 4. The van der Waals surface area contributed by atoms with E-state index in [0.29, 0.717) is 22.5 Å². The molecule has 0 atom stereocenters. The summed E-state index contributed by atoms with van der Waals surface area (Å²) in [6.45, 7) is -0.0235. The average molecular weight is 514 g/mol. The van der Waals surface area contributed by atoms with E-state index in [-0.39, 0.29) is 6.54 Å². The van der Waals surface area contributed by atoms with Crippen molar-refractivity contribution in [2.45, 2.75) is 6.54 Å². The fourth-order valence-corrected chi connectivity index (χ4v) is 4.75. The molecule has 37 heavy (non-hydrogen) atoms. The van der Waals surface area contributed by atoms with E-state index in [4.69, 9.17) is 0 Å². The SMILES string of the molecule is CS(=O)(=O)NCc1cc(F)cc(-c2nccc3[nH]c(-c4[nH]nc5ncc(-c6cccnc6)cc45)cc23)c1. The smallest absolute Gasteiger partial charge is 0.209 e. The molecule has 184 valence electrons. The first-order chi connectivity index (χ1) is 17.8. The van der Waals surface area contributed by atoms with E-state index in [1.807, 2.05) is 30.3 Å². The average Bonchev–Trinajstić information content (AvgIpc) is 3.51. The van der Waals surface area contributed by atoms with Crippen LogP contribution in [0, 0.1) is 5.82 Å². The van der Waals surface area contributed by atoms with Crippen molar-refractivity contribution in [2.24, 2.45) is 0 Å². The summed E-state index contributed by atoms with van der Waals surface area (Å²) in [5, 5.41) is 9.04. The second-order valence-electron chi connectivity index (χ2n) is 8.68. The fourth-order valence-electron chi connectivity index (χ4n) is 4.32. The highest BCUT2D eigenvalue weighted by atomic mass is 32.2. The van der Waals surface area contributed by atoms with Gasteiger partial charge in [-0.2, -0.15) is 5.10 Å². The van der Waals surface area contributed by atoms with E-state index in [1.165, 1.54) is 12.1 Å². The lowest BCUT2D eigenvalue weighted by molar-refractivity contribution is 0.586. The van der Waals surface area contributed by atoms with Gasteiger partial charge in [-0.25, -0.2) is 22.5 Å². The number of pyridine rings is 3. The van der Waals surface area contributed by atoms with Gasteiger partial charge in [-0.1, -0.05) is 6.07 Å². The topological polar surface area (TPSA) is 129 Å². The van der Waals surface area contributed by atoms with Crippen LogP contribution in [0.4, 0.5) is 4.39 Å². The van der Waals surface area contributed by atoms with Gasteiger partial charge in [0.1, 0.15) is 5.82 Å². The largest absolute Gasteiger partial charge is 0.353 e. The van der Waals surface area contributed by atoms with Crippen molar-refractivity contribution in [1.82, 2.24) is 34.9 Å². The number of fused-ring (bicyclic) bond motifs is 2. The van der Waals surface area contributed by atoms with Gasteiger partial charge in [0.15, 0.2) is 5.65 Å². The number of nitrogens with one attached hydrogen (secondary N) is 3. The first-order valence-corrected chi connectivity index (χ1v) is 13.2. The zero-order valence-electron chi connectivity index (χ0n) is 19.5. The molecule has 0 fully saturated rings. The van der Waals surface area contributed by atoms with Crippen molar-refractivity contribution in [3.63, 3.8) is 0 Å². The molecule has 11 heteroatoms. The van der Waals surface area contributed by atoms with Crippen molar-refractivity contribution < 1.29 is 12.8 Å². The maximum Gasteiger partial charge on any atom is 0.209 e. The van der Waals surface area contributed by atoms with E-state index in [1.54, 1.807) is 30.9 Å². The molecule has 0 unspecified atom stereocenters. The molecule has 9 nitrogen and oxygen atoms in total. The molecule has 0 spiro atoms. The van der Waals surface area contributed by atoms with Crippen LogP contribution in [0.2, 0.25) is 0 Å². The normalized spacial score (nSPS) is 11.9. The highest BCUT2D eigenvalue weighted by Gasteiger charge is 2.16. The minimum absolute atomic E-state index is 0.0235. The molecular weight excluding hydrogens is 493 g/mol. The first kappa shape index (κ1) is 23.0. The molecule has 6 rings (SSSR count). The molecule has 6 aromatic rings. The van der Waals surface area contributed by atoms with Crippen molar-refractivity contribution in [1.29, 1.82) is 0 Å². The summed E-state index contributed by atoms with van der Waals surface area (Å²) in [6, 6.07) is 14.0. The van der Waals surface area contributed by atoms with E-state index < -0.39 is 15.8 Å². The maximum absolute atomic E-state index is 14.5. The van der Waals surface area contributed by atoms with Crippen LogP contribution >= 0.6 is 0 Å². The number of H-pyrrole nitrogens is 2. The fraction of sp³-hybridized carbons (Fsp3) is 0.0769.